The lowest BCUT2D eigenvalue weighted by molar-refractivity contribution is 0.228. The van der Waals surface area contributed by atoms with Crippen LogP contribution < -0.4 is 5.73 Å². The number of furan rings is 1. The zero-order valence-corrected chi connectivity index (χ0v) is 11.0. The van der Waals surface area contributed by atoms with Crippen molar-refractivity contribution in [2.24, 2.45) is 5.73 Å². The number of fused-ring (bicyclic) bond motifs is 1. The van der Waals surface area contributed by atoms with Crippen LogP contribution in [0.15, 0.2) is 28.9 Å². The second-order valence-electron chi connectivity index (χ2n) is 5.46. The van der Waals surface area contributed by atoms with Gasteiger partial charge >= 0.3 is 0 Å². The monoisotopic (exact) mass is 244 g/mol. The Morgan fingerprint density at radius 3 is 3.00 bits per heavy atom. The van der Waals surface area contributed by atoms with E-state index in [2.05, 4.69) is 37.1 Å². The minimum absolute atomic E-state index is 0.199. The number of para-hydroxylation sites is 1. The van der Waals surface area contributed by atoms with Crippen molar-refractivity contribution >= 4 is 11.0 Å². The number of aryl methyl sites for hydroxylation is 1. The SMILES string of the molecule is Cc1cccc2c(C3CCN(C)CC3N)coc12. The van der Waals surface area contributed by atoms with Gasteiger partial charge in [0.25, 0.3) is 0 Å². The number of likely N-dealkylation sites (N-methyl/N-ethyl adjacent to an activating group) is 1. The van der Waals surface area contributed by atoms with Crippen LogP contribution >= 0.6 is 0 Å². The fourth-order valence-electron chi connectivity index (χ4n) is 3.05. The van der Waals surface area contributed by atoms with Gasteiger partial charge in [0.05, 0.1) is 6.26 Å². The Morgan fingerprint density at radius 2 is 2.22 bits per heavy atom. The molecule has 0 bridgehead atoms. The van der Waals surface area contributed by atoms with E-state index in [4.69, 9.17) is 10.2 Å². The summed E-state index contributed by atoms with van der Waals surface area (Å²) >= 11 is 0. The molecule has 2 heterocycles. The van der Waals surface area contributed by atoms with Crippen molar-refractivity contribution in [2.75, 3.05) is 20.1 Å². The Labute approximate surface area is 108 Å². The molecule has 2 N–H and O–H groups in total. The summed E-state index contributed by atoms with van der Waals surface area (Å²) in [5.74, 6) is 0.421. The molecule has 2 aromatic rings. The van der Waals surface area contributed by atoms with Crippen molar-refractivity contribution in [1.29, 1.82) is 0 Å². The molecule has 0 saturated carbocycles. The molecule has 18 heavy (non-hydrogen) atoms. The van der Waals surface area contributed by atoms with Crippen LogP contribution in [0.2, 0.25) is 0 Å². The van der Waals surface area contributed by atoms with Crippen molar-refractivity contribution < 1.29 is 4.42 Å². The Hall–Kier alpha value is -1.32. The first-order valence-electron chi connectivity index (χ1n) is 6.57. The molecule has 0 aliphatic carbocycles. The minimum Gasteiger partial charge on any atom is -0.464 e. The van der Waals surface area contributed by atoms with E-state index in [1.54, 1.807) is 0 Å². The molecule has 0 amide bonds. The van der Waals surface area contributed by atoms with E-state index in [0.717, 1.165) is 25.1 Å². The Bertz CT molecular complexity index is 561. The number of hydrogen-bond acceptors (Lipinski definition) is 3. The second-order valence-corrected chi connectivity index (χ2v) is 5.46. The van der Waals surface area contributed by atoms with E-state index in [-0.39, 0.29) is 6.04 Å². The van der Waals surface area contributed by atoms with Gasteiger partial charge in [0.15, 0.2) is 0 Å². The normalized spacial score (nSPS) is 25.7. The van der Waals surface area contributed by atoms with Crippen LogP contribution in [0.1, 0.15) is 23.5 Å². The third-order valence-corrected chi connectivity index (χ3v) is 4.09. The number of benzene rings is 1. The predicted octanol–water partition coefficient (Wildman–Crippen LogP) is 2.49. The molecular weight excluding hydrogens is 224 g/mol. The summed E-state index contributed by atoms with van der Waals surface area (Å²) in [6.45, 7) is 4.16. The van der Waals surface area contributed by atoms with Crippen LogP contribution in [0.25, 0.3) is 11.0 Å². The van der Waals surface area contributed by atoms with Gasteiger partial charge in [0, 0.05) is 29.5 Å². The topological polar surface area (TPSA) is 42.4 Å². The number of piperidine rings is 1. The van der Waals surface area contributed by atoms with E-state index in [9.17, 15) is 0 Å². The zero-order chi connectivity index (χ0) is 12.7. The number of nitrogens with two attached hydrogens (primary N) is 1. The molecule has 1 aromatic carbocycles. The minimum atomic E-state index is 0.199. The Morgan fingerprint density at radius 1 is 1.39 bits per heavy atom. The molecular formula is C15H20N2O. The summed E-state index contributed by atoms with van der Waals surface area (Å²) in [4.78, 5) is 2.30. The smallest absolute Gasteiger partial charge is 0.137 e. The van der Waals surface area contributed by atoms with Gasteiger partial charge in [-0.2, -0.15) is 0 Å². The molecule has 0 radical (unpaired) electrons. The molecule has 1 fully saturated rings. The van der Waals surface area contributed by atoms with Gasteiger partial charge in [-0.1, -0.05) is 18.2 Å². The van der Waals surface area contributed by atoms with Crippen LogP contribution in [-0.4, -0.2) is 31.1 Å². The van der Waals surface area contributed by atoms with Crippen molar-refractivity contribution in [3.8, 4) is 0 Å². The number of rotatable bonds is 1. The maximum atomic E-state index is 6.31. The summed E-state index contributed by atoms with van der Waals surface area (Å²) < 4.78 is 5.74. The molecule has 2 atom stereocenters. The standard InChI is InChI=1S/C15H20N2O/c1-10-4-3-5-12-13(9-18-15(10)12)11-6-7-17(2)8-14(11)16/h3-5,9,11,14H,6-8,16H2,1-2H3. The van der Waals surface area contributed by atoms with Gasteiger partial charge in [-0.05, 0) is 32.5 Å². The lowest BCUT2D eigenvalue weighted by atomic mass is 9.85. The first-order valence-corrected chi connectivity index (χ1v) is 6.57. The molecule has 96 valence electrons. The molecule has 3 heteroatoms. The molecule has 0 spiro atoms. The number of likely N-dealkylation sites (tertiary alicyclic amines) is 1. The van der Waals surface area contributed by atoms with Gasteiger partial charge in [-0.3, -0.25) is 0 Å². The third-order valence-electron chi connectivity index (χ3n) is 4.09. The molecule has 1 aliphatic rings. The second kappa shape index (κ2) is 4.41. The average molecular weight is 244 g/mol. The lowest BCUT2D eigenvalue weighted by Gasteiger charge is -2.34. The highest BCUT2D eigenvalue weighted by Gasteiger charge is 2.28. The van der Waals surface area contributed by atoms with Gasteiger partial charge in [0.2, 0.25) is 0 Å². The maximum absolute atomic E-state index is 6.31. The van der Waals surface area contributed by atoms with Crippen molar-refractivity contribution in [2.45, 2.75) is 25.3 Å². The molecule has 3 nitrogen and oxygen atoms in total. The molecule has 1 aliphatic heterocycles. The summed E-state index contributed by atoms with van der Waals surface area (Å²) in [5, 5.41) is 1.24. The fourth-order valence-corrected chi connectivity index (χ4v) is 3.05. The predicted molar refractivity (Wildman–Crippen MR) is 73.8 cm³/mol. The summed E-state index contributed by atoms with van der Waals surface area (Å²) in [6, 6.07) is 6.53. The van der Waals surface area contributed by atoms with Crippen molar-refractivity contribution in [1.82, 2.24) is 4.90 Å². The van der Waals surface area contributed by atoms with Crippen LogP contribution in [-0.2, 0) is 0 Å². The van der Waals surface area contributed by atoms with Gasteiger partial charge in [0.1, 0.15) is 5.58 Å². The van der Waals surface area contributed by atoms with Crippen LogP contribution in [0.4, 0.5) is 0 Å². The lowest BCUT2D eigenvalue weighted by Crippen LogP contribution is -2.45. The Balaban J connectivity index is 2.02. The summed E-state index contributed by atoms with van der Waals surface area (Å²) in [5.41, 5.74) is 9.80. The highest BCUT2D eigenvalue weighted by molar-refractivity contribution is 5.84. The van der Waals surface area contributed by atoms with Crippen molar-refractivity contribution in [3.63, 3.8) is 0 Å². The van der Waals surface area contributed by atoms with E-state index in [1.165, 1.54) is 16.5 Å². The van der Waals surface area contributed by atoms with E-state index < -0.39 is 0 Å². The average Bonchev–Trinajstić information content (AvgIpc) is 2.74. The van der Waals surface area contributed by atoms with E-state index >= 15 is 0 Å². The molecule has 3 rings (SSSR count). The van der Waals surface area contributed by atoms with Gasteiger partial charge < -0.3 is 15.1 Å². The molecule has 2 unspecified atom stereocenters. The summed E-state index contributed by atoms with van der Waals surface area (Å²) in [7, 11) is 2.13. The Kier molecular flexibility index (Phi) is 2.88. The largest absolute Gasteiger partial charge is 0.464 e. The van der Waals surface area contributed by atoms with Crippen LogP contribution in [0.5, 0.6) is 0 Å². The van der Waals surface area contributed by atoms with Crippen LogP contribution in [0, 0.1) is 6.92 Å². The third kappa shape index (κ3) is 1.84. The molecule has 1 saturated heterocycles. The van der Waals surface area contributed by atoms with E-state index in [1.807, 2.05) is 6.26 Å². The zero-order valence-electron chi connectivity index (χ0n) is 11.0. The first kappa shape index (κ1) is 11.8. The summed E-state index contributed by atoms with van der Waals surface area (Å²) in [6.07, 6.45) is 3.02. The van der Waals surface area contributed by atoms with Gasteiger partial charge in [-0.15, -0.1) is 0 Å². The number of nitrogens with zero attached hydrogens (tertiary/aromatic N) is 1. The highest BCUT2D eigenvalue weighted by atomic mass is 16.3. The first-order chi connectivity index (χ1) is 8.66. The molecule has 1 aromatic heterocycles. The maximum Gasteiger partial charge on any atom is 0.137 e. The highest BCUT2D eigenvalue weighted by Crippen LogP contribution is 2.34. The quantitative estimate of drug-likeness (QED) is 0.838. The number of hydrogen-bond donors (Lipinski definition) is 1. The van der Waals surface area contributed by atoms with E-state index in [0.29, 0.717) is 5.92 Å². The van der Waals surface area contributed by atoms with Crippen molar-refractivity contribution in [3.05, 3.63) is 35.6 Å². The van der Waals surface area contributed by atoms with Gasteiger partial charge in [-0.25, -0.2) is 0 Å². The fraction of sp³-hybridized carbons (Fsp3) is 0.467. The van der Waals surface area contributed by atoms with Crippen LogP contribution in [0.3, 0.4) is 0 Å².